The lowest BCUT2D eigenvalue weighted by Crippen LogP contribution is -2.44. The Morgan fingerprint density at radius 1 is 1.18 bits per heavy atom. The van der Waals surface area contributed by atoms with Crippen LogP contribution < -0.4 is 10.2 Å². The maximum atomic E-state index is 13.1. The molecular formula is C28H31N7O3. The Bertz CT molecular complexity index is 1350. The highest BCUT2D eigenvalue weighted by Gasteiger charge is 2.44. The highest BCUT2D eigenvalue weighted by Crippen LogP contribution is 2.38. The lowest BCUT2D eigenvalue weighted by molar-refractivity contribution is -0.143. The van der Waals surface area contributed by atoms with Crippen LogP contribution in [-0.2, 0) is 14.3 Å². The molecule has 196 valence electrons. The van der Waals surface area contributed by atoms with Crippen LogP contribution in [0.1, 0.15) is 49.7 Å². The van der Waals surface area contributed by atoms with Crippen molar-refractivity contribution in [1.82, 2.24) is 20.1 Å². The largest absolute Gasteiger partial charge is 0.377 e. The van der Waals surface area contributed by atoms with E-state index >= 15 is 0 Å². The summed E-state index contributed by atoms with van der Waals surface area (Å²) in [6, 6.07) is 11.8. The van der Waals surface area contributed by atoms with Gasteiger partial charge in [-0.25, -0.2) is 4.98 Å². The van der Waals surface area contributed by atoms with E-state index in [4.69, 9.17) is 15.1 Å². The van der Waals surface area contributed by atoms with Gasteiger partial charge in [0.25, 0.3) is 0 Å². The molecule has 1 saturated carbocycles. The predicted octanol–water partition coefficient (Wildman–Crippen LogP) is 3.83. The lowest BCUT2D eigenvalue weighted by Gasteiger charge is -2.35. The Balaban J connectivity index is 1.35. The molecule has 3 aliphatic rings. The number of pyridine rings is 1. The van der Waals surface area contributed by atoms with Crippen LogP contribution in [-0.4, -0.2) is 70.0 Å². The van der Waals surface area contributed by atoms with Crippen molar-refractivity contribution in [3.05, 3.63) is 53.7 Å². The van der Waals surface area contributed by atoms with Gasteiger partial charge in [0, 0.05) is 36.9 Å². The zero-order chi connectivity index (χ0) is 26.2. The second-order valence-corrected chi connectivity index (χ2v) is 10.2. The number of H-pyrrole nitrogens is 1. The molecular weight excluding hydrogens is 482 g/mol. The molecule has 0 radical (unpaired) electrons. The summed E-state index contributed by atoms with van der Waals surface area (Å²) in [5.41, 5.74) is 3.23. The van der Waals surface area contributed by atoms with Gasteiger partial charge in [-0.15, -0.1) is 0 Å². The predicted molar refractivity (Wildman–Crippen MR) is 144 cm³/mol. The van der Waals surface area contributed by atoms with Gasteiger partial charge in [-0.1, -0.05) is 24.3 Å². The van der Waals surface area contributed by atoms with Gasteiger partial charge in [0.15, 0.2) is 0 Å². The zero-order valence-electron chi connectivity index (χ0n) is 21.3. The molecule has 2 amide bonds. The number of aromatic nitrogens is 3. The Kier molecular flexibility index (Phi) is 6.40. The van der Waals surface area contributed by atoms with E-state index < -0.39 is 5.92 Å². The minimum atomic E-state index is -0.431. The van der Waals surface area contributed by atoms with Crippen molar-refractivity contribution in [1.29, 1.82) is 5.41 Å². The highest BCUT2D eigenvalue weighted by atomic mass is 16.5. The van der Waals surface area contributed by atoms with Crippen molar-refractivity contribution in [2.24, 2.45) is 0 Å². The van der Waals surface area contributed by atoms with Gasteiger partial charge < -0.3 is 20.4 Å². The number of imide groups is 1. The molecule has 38 heavy (non-hydrogen) atoms. The van der Waals surface area contributed by atoms with Gasteiger partial charge in [0.05, 0.1) is 31.4 Å². The molecule has 1 unspecified atom stereocenters. The van der Waals surface area contributed by atoms with E-state index in [0.717, 1.165) is 48.3 Å². The van der Waals surface area contributed by atoms with Gasteiger partial charge in [0.1, 0.15) is 17.5 Å². The van der Waals surface area contributed by atoms with E-state index in [1.54, 1.807) is 12.3 Å². The third-order valence-corrected chi connectivity index (χ3v) is 7.85. The van der Waals surface area contributed by atoms with Crippen LogP contribution >= 0.6 is 0 Å². The average Bonchev–Trinajstić information content (AvgIpc) is 3.51. The number of morpholine rings is 1. The first-order valence-corrected chi connectivity index (χ1v) is 13.2. The Morgan fingerprint density at radius 2 is 2.00 bits per heavy atom. The number of amides is 2. The van der Waals surface area contributed by atoms with Gasteiger partial charge in [-0.3, -0.25) is 19.6 Å². The number of nitrogens with one attached hydrogen (secondary N) is 3. The summed E-state index contributed by atoms with van der Waals surface area (Å²) in [6.07, 6.45) is 6.09. The molecule has 6 rings (SSSR count). The first-order chi connectivity index (χ1) is 18.5. The van der Waals surface area contributed by atoms with E-state index in [1.807, 2.05) is 30.3 Å². The number of carbonyl (C=O) groups is 2. The van der Waals surface area contributed by atoms with Crippen LogP contribution in [0.3, 0.4) is 0 Å². The fourth-order valence-corrected chi connectivity index (χ4v) is 5.52. The monoisotopic (exact) mass is 513 g/mol. The van der Waals surface area contributed by atoms with E-state index in [-0.39, 0.29) is 30.3 Å². The molecule has 4 heterocycles. The maximum Gasteiger partial charge on any atom is 0.237 e. The summed E-state index contributed by atoms with van der Waals surface area (Å²) in [4.78, 5) is 34.3. The third-order valence-electron chi connectivity index (χ3n) is 7.85. The molecule has 3 N–H and O–H groups in total. The molecule has 2 aromatic heterocycles. The number of benzene rings is 1. The minimum Gasteiger partial charge on any atom is -0.377 e. The molecule has 2 aliphatic heterocycles. The van der Waals surface area contributed by atoms with Crippen molar-refractivity contribution in [3.63, 3.8) is 0 Å². The molecule has 10 nitrogen and oxygen atoms in total. The SMILES string of the molecule is C[C@@H]1COCCN1c1cc(-c2ccc(C3CC(=O)N(C4CCC4)C3=O)cc2)c(C=N)c(Nc2ccn[nH]2)n1. The molecule has 2 saturated heterocycles. The number of anilines is 3. The van der Waals surface area contributed by atoms with Gasteiger partial charge >= 0.3 is 0 Å². The number of likely N-dealkylation sites (tertiary alicyclic amines) is 1. The topological polar surface area (TPSA) is 127 Å². The summed E-state index contributed by atoms with van der Waals surface area (Å²) in [6.45, 7) is 4.06. The Hall–Kier alpha value is -4.05. The maximum absolute atomic E-state index is 13.1. The number of hydrogen-bond acceptors (Lipinski definition) is 8. The van der Waals surface area contributed by atoms with E-state index in [9.17, 15) is 9.59 Å². The second-order valence-electron chi connectivity index (χ2n) is 10.2. The first kappa shape index (κ1) is 24.3. The van der Waals surface area contributed by atoms with Crippen LogP contribution in [0.2, 0.25) is 0 Å². The fourth-order valence-electron chi connectivity index (χ4n) is 5.52. The number of nitrogens with zero attached hydrogens (tertiary/aromatic N) is 4. The van der Waals surface area contributed by atoms with Crippen molar-refractivity contribution in [3.8, 4) is 11.1 Å². The van der Waals surface area contributed by atoms with Crippen LogP contribution in [0.25, 0.3) is 11.1 Å². The number of carbonyl (C=O) groups excluding carboxylic acids is 2. The summed E-state index contributed by atoms with van der Waals surface area (Å²) in [5.74, 6) is 1.44. The number of aromatic amines is 1. The van der Waals surface area contributed by atoms with E-state index in [0.29, 0.717) is 30.4 Å². The molecule has 0 bridgehead atoms. The van der Waals surface area contributed by atoms with Gasteiger partial charge in [-0.05, 0) is 48.9 Å². The summed E-state index contributed by atoms with van der Waals surface area (Å²) < 4.78 is 5.63. The van der Waals surface area contributed by atoms with Crippen LogP contribution in [0.4, 0.5) is 17.5 Å². The second kappa shape index (κ2) is 10.0. The summed E-state index contributed by atoms with van der Waals surface area (Å²) in [7, 11) is 0. The molecule has 2 atom stereocenters. The van der Waals surface area contributed by atoms with Crippen molar-refractivity contribution < 1.29 is 14.3 Å². The number of ether oxygens (including phenoxy) is 1. The number of hydrogen-bond donors (Lipinski definition) is 3. The van der Waals surface area contributed by atoms with E-state index in [1.165, 1.54) is 11.1 Å². The van der Waals surface area contributed by atoms with E-state index in [2.05, 4.69) is 27.3 Å². The molecule has 1 aromatic carbocycles. The molecule has 10 heteroatoms. The first-order valence-electron chi connectivity index (χ1n) is 13.2. The standard InChI is InChI=1S/C28H31N7O3/c1-17-16-38-12-11-34(17)25-13-21(23(15-29)27(32-25)31-24-9-10-30-33-24)18-5-7-19(8-6-18)22-14-26(36)35(28(22)37)20-3-2-4-20/h5-10,13,15,17,20,22,29H,2-4,11-12,14,16H2,1H3,(H2,30,31,32,33)/t17-,22?/m1/s1. The fraction of sp³-hybridized carbons (Fsp3) is 0.393. The van der Waals surface area contributed by atoms with Gasteiger partial charge in [0.2, 0.25) is 11.8 Å². The zero-order valence-corrected chi connectivity index (χ0v) is 21.3. The Morgan fingerprint density at radius 3 is 2.66 bits per heavy atom. The van der Waals surface area contributed by atoms with Crippen LogP contribution in [0.15, 0.2) is 42.6 Å². The average molecular weight is 514 g/mol. The highest BCUT2D eigenvalue weighted by molar-refractivity contribution is 6.06. The quantitative estimate of drug-likeness (QED) is 0.324. The van der Waals surface area contributed by atoms with Crippen molar-refractivity contribution in [2.45, 2.75) is 50.6 Å². The van der Waals surface area contributed by atoms with Crippen molar-refractivity contribution in [2.75, 3.05) is 30.0 Å². The molecule has 3 aromatic rings. The third kappa shape index (κ3) is 4.34. The lowest BCUT2D eigenvalue weighted by atomic mass is 9.91. The number of rotatable bonds is 7. The normalized spacial score (nSPS) is 22.0. The minimum absolute atomic E-state index is 0.0622. The molecule has 3 fully saturated rings. The van der Waals surface area contributed by atoms with Crippen molar-refractivity contribution >= 4 is 35.5 Å². The van der Waals surface area contributed by atoms with Crippen LogP contribution in [0, 0.1) is 5.41 Å². The Labute approximate surface area is 220 Å². The van der Waals surface area contributed by atoms with Crippen LogP contribution in [0.5, 0.6) is 0 Å². The summed E-state index contributed by atoms with van der Waals surface area (Å²) in [5, 5.41) is 18.4. The van der Waals surface area contributed by atoms with Gasteiger partial charge in [-0.2, -0.15) is 5.10 Å². The summed E-state index contributed by atoms with van der Waals surface area (Å²) >= 11 is 0. The molecule has 1 aliphatic carbocycles. The smallest absolute Gasteiger partial charge is 0.237 e. The molecule has 0 spiro atoms.